The molecule has 3 aromatic heterocycles. The summed E-state index contributed by atoms with van der Waals surface area (Å²) in [6.45, 7) is 2.22. The molecule has 0 fully saturated rings. The summed E-state index contributed by atoms with van der Waals surface area (Å²) in [5.41, 5.74) is 1.69. The number of aromatic nitrogens is 5. The van der Waals surface area contributed by atoms with Crippen molar-refractivity contribution in [2.75, 3.05) is 5.75 Å². The SMILES string of the molecule is Cc1ccc(Oc2ncccc2CNC(=O)CSc2ncn[nH]2)cn1. The highest BCUT2D eigenvalue weighted by molar-refractivity contribution is 7.99. The number of rotatable bonds is 7. The lowest BCUT2D eigenvalue weighted by Crippen LogP contribution is -2.24. The van der Waals surface area contributed by atoms with Crippen LogP contribution >= 0.6 is 11.8 Å². The van der Waals surface area contributed by atoms with E-state index in [1.165, 1.54) is 18.1 Å². The van der Waals surface area contributed by atoms with E-state index in [1.807, 2.05) is 25.1 Å². The van der Waals surface area contributed by atoms with Crippen molar-refractivity contribution in [1.29, 1.82) is 0 Å². The number of carbonyl (C=O) groups is 1. The number of ether oxygens (including phenoxy) is 1. The summed E-state index contributed by atoms with van der Waals surface area (Å²) in [5, 5.41) is 9.87. The number of pyridine rings is 2. The molecule has 8 nitrogen and oxygen atoms in total. The van der Waals surface area contributed by atoms with E-state index in [0.29, 0.717) is 23.3 Å². The first kappa shape index (κ1) is 16.9. The van der Waals surface area contributed by atoms with E-state index in [2.05, 4.69) is 30.5 Å². The second-order valence-corrected chi connectivity index (χ2v) is 6.03. The van der Waals surface area contributed by atoms with Crippen molar-refractivity contribution in [3.8, 4) is 11.6 Å². The molecule has 0 aliphatic heterocycles. The Hall–Kier alpha value is -2.94. The van der Waals surface area contributed by atoms with Crippen molar-refractivity contribution in [1.82, 2.24) is 30.5 Å². The molecule has 0 saturated heterocycles. The molecule has 0 radical (unpaired) electrons. The number of carbonyl (C=O) groups excluding carboxylic acids is 1. The Balaban J connectivity index is 1.57. The molecule has 0 aliphatic carbocycles. The van der Waals surface area contributed by atoms with Crippen LogP contribution in [0.15, 0.2) is 48.1 Å². The normalized spacial score (nSPS) is 10.4. The van der Waals surface area contributed by atoms with Crippen LogP contribution in [-0.2, 0) is 11.3 Å². The molecule has 9 heteroatoms. The zero-order chi connectivity index (χ0) is 17.5. The van der Waals surface area contributed by atoms with Gasteiger partial charge in [-0.15, -0.1) is 0 Å². The molecule has 0 bridgehead atoms. The highest BCUT2D eigenvalue weighted by atomic mass is 32.2. The van der Waals surface area contributed by atoms with Crippen molar-refractivity contribution in [2.45, 2.75) is 18.6 Å². The molecule has 2 N–H and O–H groups in total. The summed E-state index contributed by atoms with van der Waals surface area (Å²) < 4.78 is 5.76. The van der Waals surface area contributed by atoms with Gasteiger partial charge in [0.2, 0.25) is 11.8 Å². The van der Waals surface area contributed by atoms with Crippen molar-refractivity contribution >= 4 is 17.7 Å². The van der Waals surface area contributed by atoms with Gasteiger partial charge in [0.15, 0.2) is 5.16 Å². The Bertz CT molecular complexity index is 823. The van der Waals surface area contributed by atoms with E-state index >= 15 is 0 Å². The Labute approximate surface area is 148 Å². The number of amides is 1. The second kappa shape index (κ2) is 8.25. The molecule has 128 valence electrons. The highest BCUT2D eigenvalue weighted by Gasteiger charge is 2.09. The predicted molar refractivity (Wildman–Crippen MR) is 92.2 cm³/mol. The third-order valence-electron chi connectivity index (χ3n) is 3.16. The van der Waals surface area contributed by atoms with E-state index in [1.54, 1.807) is 18.5 Å². The third-order valence-corrected chi connectivity index (χ3v) is 4.03. The average molecular weight is 356 g/mol. The van der Waals surface area contributed by atoms with Gasteiger partial charge in [-0.05, 0) is 25.1 Å². The highest BCUT2D eigenvalue weighted by Crippen LogP contribution is 2.22. The van der Waals surface area contributed by atoms with Gasteiger partial charge in [0.1, 0.15) is 12.1 Å². The standard InChI is InChI=1S/C16H16N6O2S/c1-11-4-5-13(8-18-11)24-15-12(3-2-6-17-15)7-19-14(23)9-25-16-20-10-21-22-16/h2-6,8,10H,7,9H2,1H3,(H,19,23)(H,20,21,22). The average Bonchev–Trinajstić information content (AvgIpc) is 3.15. The molecular formula is C16H16N6O2S. The Morgan fingerprint density at radius 1 is 1.28 bits per heavy atom. The van der Waals surface area contributed by atoms with Gasteiger partial charge >= 0.3 is 0 Å². The molecule has 0 saturated carbocycles. The van der Waals surface area contributed by atoms with Crippen LogP contribution in [0.3, 0.4) is 0 Å². The first-order valence-corrected chi connectivity index (χ1v) is 8.48. The van der Waals surface area contributed by atoms with Crippen LogP contribution in [0.1, 0.15) is 11.3 Å². The number of aryl methyl sites for hydroxylation is 1. The van der Waals surface area contributed by atoms with E-state index in [4.69, 9.17) is 4.74 Å². The van der Waals surface area contributed by atoms with Gasteiger partial charge in [-0.25, -0.2) is 9.97 Å². The Kier molecular flexibility index (Phi) is 5.57. The number of aromatic amines is 1. The van der Waals surface area contributed by atoms with Gasteiger partial charge < -0.3 is 10.1 Å². The number of H-pyrrole nitrogens is 1. The molecule has 0 aromatic carbocycles. The fraction of sp³-hybridized carbons (Fsp3) is 0.188. The lowest BCUT2D eigenvalue weighted by Gasteiger charge is -2.10. The number of thioether (sulfide) groups is 1. The second-order valence-electron chi connectivity index (χ2n) is 5.06. The van der Waals surface area contributed by atoms with Crippen molar-refractivity contribution in [3.63, 3.8) is 0 Å². The number of nitrogens with one attached hydrogen (secondary N) is 2. The maximum atomic E-state index is 12.0. The van der Waals surface area contributed by atoms with Gasteiger partial charge in [0.25, 0.3) is 0 Å². The van der Waals surface area contributed by atoms with Gasteiger partial charge in [-0.2, -0.15) is 5.10 Å². The van der Waals surface area contributed by atoms with Crippen LogP contribution in [0.5, 0.6) is 11.6 Å². The maximum Gasteiger partial charge on any atom is 0.230 e. The minimum atomic E-state index is -0.117. The fourth-order valence-electron chi connectivity index (χ4n) is 1.92. The van der Waals surface area contributed by atoms with E-state index in [0.717, 1.165) is 11.3 Å². The predicted octanol–water partition coefficient (Wildman–Crippen LogP) is 2.10. The van der Waals surface area contributed by atoms with Crippen molar-refractivity contribution in [3.05, 3.63) is 54.2 Å². The van der Waals surface area contributed by atoms with Gasteiger partial charge in [0, 0.05) is 24.0 Å². The van der Waals surface area contributed by atoms with E-state index in [9.17, 15) is 4.79 Å². The quantitative estimate of drug-likeness (QED) is 0.625. The summed E-state index contributed by atoms with van der Waals surface area (Å²) in [6, 6.07) is 7.34. The molecule has 0 spiro atoms. The third kappa shape index (κ3) is 5.01. The molecule has 3 aromatic rings. The molecule has 0 aliphatic rings. The largest absolute Gasteiger partial charge is 0.437 e. The fourth-order valence-corrected chi connectivity index (χ4v) is 2.53. The van der Waals surface area contributed by atoms with Gasteiger partial charge in [0.05, 0.1) is 11.9 Å². The maximum absolute atomic E-state index is 12.0. The number of hydrogen-bond donors (Lipinski definition) is 2. The van der Waals surface area contributed by atoms with Crippen LogP contribution in [0, 0.1) is 6.92 Å². The minimum absolute atomic E-state index is 0.117. The summed E-state index contributed by atoms with van der Waals surface area (Å²) in [6.07, 6.45) is 4.68. The molecular weight excluding hydrogens is 340 g/mol. The van der Waals surface area contributed by atoms with Crippen LogP contribution in [0.25, 0.3) is 0 Å². The first-order valence-electron chi connectivity index (χ1n) is 7.50. The van der Waals surface area contributed by atoms with Crippen LogP contribution in [-0.4, -0.2) is 36.8 Å². The van der Waals surface area contributed by atoms with Crippen LogP contribution < -0.4 is 10.1 Å². The molecule has 1 amide bonds. The molecule has 0 unspecified atom stereocenters. The van der Waals surface area contributed by atoms with Crippen LogP contribution in [0.4, 0.5) is 0 Å². The molecule has 25 heavy (non-hydrogen) atoms. The summed E-state index contributed by atoms with van der Waals surface area (Å²) in [4.78, 5) is 24.3. The zero-order valence-electron chi connectivity index (χ0n) is 13.5. The first-order chi connectivity index (χ1) is 12.2. The topological polar surface area (TPSA) is 106 Å². The molecule has 0 atom stereocenters. The molecule has 3 heterocycles. The lowest BCUT2D eigenvalue weighted by atomic mass is 10.2. The lowest BCUT2D eigenvalue weighted by molar-refractivity contribution is -0.118. The van der Waals surface area contributed by atoms with Crippen molar-refractivity contribution < 1.29 is 9.53 Å². The summed E-state index contributed by atoms with van der Waals surface area (Å²) >= 11 is 1.28. The number of hydrogen-bond acceptors (Lipinski definition) is 7. The summed E-state index contributed by atoms with van der Waals surface area (Å²) in [5.74, 6) is 1.16. The van der Waals surface area contributed by atoms with E-state index < -0.39 is 0 Å². The Morgan fingerprint density at radius 2 is 2.20 bits per heavy atom. The van der Waals surface area contributed by atoms with E-state index in [-0.39, 0.29) is 11.7 Å². The van der Waals surface area contributed by atoms with Gasteiger partial charge in [-0.3, -0.25) is 14.9 Å². The van der Waals surface area contributed by atoms with Crippen LogP contribution in [0.2, 0.25) is 0 Å². The Morgan fingerprint density at radius 3 is 2.96 bits per heavy atom. The van der Waals surface area contributed by atoms with Crippen molar-refractivity contribution in [2.24, 2.45) is 0 Å². The summed E-state index contributed by atoms with van der Waals surface area (Å²) in [7, 11) is 0. The number of nitrogens with zero attached hydrogens (tertiary/aromatic N) is 4. The smallest absolute Gasteiger partial charge is 0.230 e. The zero-order valence-corrected chi connectivity index (χ0v) is 14.3. The monoisotopic (exact) mass is 356 g/mol. The minimum Gasteiger partial charge on any atom is -0.437 e. The van der Waals surface area contributed by atoms with Gasteiger partial charge in [-0.1, -0.05) is 17.8 Å². The molecule has 3 rings (SSSR count).